The third-order valence-electron chi connectivity index (χ3n) is 3.34. The molecule has 2 unspecified atom stereocenters. The van der Waals surface area contributed by atoms with Crippen LogP contribution in [-0.4, -0.2) is 30.6 Å². The summed E-state index contributed by atoms with van der Waals surface area (Å²) in [6.07, 6.45) is -0.395. The number of hydrogen-bond acceptors (Lipinski definition) is 4. The number of carbonyl (C=O) groups excluding carboxylic acids is 1. The van der Waals surface area contributed by atoms with Crippen LogP contribution in [0, 0.1) is 0 Å². The van der Waals surface area contributed by atoms with Crippen molar-refractivity contribution < 1.29 is 23.0 Å². The van der Waals surface area contributed by atoms with Crippen LogP contribution >= 0.6 is 0 Å². The van der Waals surface area contributed by atoms with E-state index in [9.17, 15) is 13.6 Å². The SMILES string of the molecule is CCC(C)Oc1cccc(NCC2CC(F)(F)C(=O)O2)c1. The molecule has 116 valence electrons. The Hall–Kier alpha value is -1.85. The van der Waals surface area contributed by atoms with Crippen molar-refractivity contribution in [3.8, 4) is 5.75 Å². The fraction of sp³-hybridized carbons (Fsp3) is 0.533. The molecule has 0 aliphatic carbocycles. The molecule has 0 radical (unpaired) electrons. The lowest BCUT2D eigenvalue weighted by molar-refractivity contribution is -0.158. The molecule has 6 heteroatoms. The summed E-state index contributed by atoms with van der Waals surface area (Å²) in [5.41, 5.74) is 0.738. The largest absolute Gasteiger partial charge is 0.491 e. The monoisotopic (exact) mass is 299 g/mol. The number of alkyl halides is 2. The minimum atomic E-state index is -3.37. The predicted octanol–water partition coefficient (Wildman–Crippen LogP) is 3.23. The van der Waals surface area contributed by atoms with Gasteiger partial charge in [-0.2, -0.15) is 8.78 Å². The number of anilines is 1. The van der Waals surface area contributed by atoms with Crippen LogP contribution in [0.15, 0.2) is 24.3 Å². The first-order valence-corrected chi connectivity index (χ1v) is 7.00. The van der Waals surface area contributed by atoms with Gasteiger partial charge in [0.25, 0.3) is 0 Å². The van der Waals surface area contributed by atoms with Gasteiger partial charge in [-0.15, -0.1) is 0 Å². The Morgan fingerprint density at radius 1 is 1.52 bits per heavy atom. The summed E-state index contributed by atoms with van der Waals surface area (Å²) in [5.74, 6) is -4.10. The number of hydrogen-bond donors (Lipinski definition) is 1. The molecule has 1 aliphatic rings. The van der Waals surface area contributed by atoms with Crippen molar-refractivity contribution in [3.05, 3.63) is 24.3 Å². The number of esters is 1. The van der Waals surface area contributed by atoms with Crippen molar-refractivity contribution in [3.63, 3.8) is 0 Å². The van der Waals surface area contributed by atoms with Gasteiger partial charge < -0.3 is 14.8 Å². The molecule has 2 atom stereocenters. The summed E-state index contributed by atoms with van der Waals surface area (Å²) in [6.45, 7) is 4.15. The van der Waals surface area contributed by atoms with Crippen LogP contribution in [-0.2, 0) is 9.53 Å². The average Bonchev–Trinajstić information content (AvgIpc) is 2.70. The van der Waals surface area contributed by atoms with Gasteiger partial charge >= 0.3 is 11.9 Å². The molecule has 1 N–H and O–H groups in total. The molecule has 0 saturated carbocycles. The lowest BCUT2D eigenvalue weighted by atomic mass is 10.2. The van der Waals surface area contributed by atoms with E-state index in [0.717, 1.165) is 12.1 Å². The number of ether oxygens (including phenoxy) is 2. The Kier molecular flexibility index (Phi) is 4.65. The van der Waals surface area contributed by atoms with Gasteiger partial charge in [-0.3, -0.25) is 0 Å². The molecule has 0 amide bonds. The van der Waals surface area contributed by atoms with Gasteiger partial charge in [-0.05, 0) is 25.5 Å². The normalized spacial score (nSPS) is 21.7. The van der Waals surface area contributed by atoms with Crippen LogP contribution in [0.25, 0.3) is 0 Å². The van der Waals surface area contributed by atoms with Gasteiger partial charge in [-0.25, -0.2) is 4.79 Å². The number of nitrogens with one attached hydrogen (secondary N) is 1. The molecule has 0 aromatic heterocycles. The van der Waals surface area contributed by atoms with Crippen molar-refractivity contribution in [2.75, 3.05) is 11.9 Å². The zero-order chi connectivity index (χ0) is 15.5. The second-order valence-corrected chi connectivity index (χ2v) is 5.18. The molecule has 1 aliphatic heterocycles. The Balaban J connectivity index is 1.89. The summed E-state index contributed by atoms with van der Waals surface area (Å²) < 4.78 is 36.4. The Morgan fingerprint density at radius 3 is 2.90 bits per heavy atom. The molecule has 1 fully saturated rings. The number of cyclic esters (lactones) is 1. The summed E-state index contributed by atoms with van der Waals surface area (Å²) in [5, 5.41) is 2.99. The van der Waals surface area contributed by atoms with E-state index in [1.807, 2.05) is 26.0 Å². The highest BCUT2D eigenvalue weighted by Gasteiger charge is 2.50. The molecule has 1 aromatic carbocycles. The molecule has 21 heavy (non-hydrogen) atoms. The second-order valence-electron chi connectivity index (χ2n) is 5.18. The van der Waals surface area contributed by atoms with Crippen molar-refractivity contribution in [2.24, 2.45) is 0 Å². The van der Waals surface area contributed by atoms with E-state index in [1.54, 1.807) is 12.1 Å². The summed E-state index contributed by atoms with van der Waals surface area (Å²) >= 11 is 0. The summed E-state index contributed by atoms with van der Waals surface area (Å²) in [4.78, 5) is 10.9. The van der Waals surface area contributed by atoms with Crippen molar-refractivity contribution in [1.29, 1.82) is 0 Å². The minimum absolute atomic E-state index is 0.106. The van der Waals surface area contributed by atoms with Gasteiger partial charge in [-0.1, -0.05) is 13.0 Å². The third-order valence-corrected chi connectivity index (χ3v) is 3.34. The van der Waals surface area contributed by atoms with Gasteiger partial charge in [0.1, 0.15) is 11.9 Å². The van der Waals surface area contributed by atoms with Crippen molar-refractivity contribution in [1.82, 2.24) is 0 Å². The van der Waals surface area contributed by atoms with E-state index < -0.39 is 24.4 Å². The van der Waals surface area contributed by atoms with E-state index in [1.165, 1.54) is 0 Å². The molecule has 4 nitrogen and oxygen atoms in total. The van der Waals surface area contributed by atoms with Crippen molar-refractivity contribution in [2.45, 2.75) is 44.8 Å². The zero-order valence-corrected chi connectivity index (χ0v) is 12.1. The Bertz CT molecular complexity index is 507. The first kappa shape index (κ1) is 15.5. The van der Waals surface area contributed by atoms with Crippen LogP contribution in [0.5, 0.6) is 5.75 Å². The summed E-state index contributed by atoms with van der Waals surface area (Å²) in [7, 11) is 0. The van der Waals surface area contributed by atoms with Crippen LogP contribution in [0.3, 0.4) is 0 Å². The molecule has 1 saturated heterocycles. The van der Waals surface area contributed by atoms with Crippen LogP contribution in [0.2, 0.25) is 0 Å². The number of carbonyl (C=O) groups is 1. The zero-order valence-electron chi connectivity index (χ0n) is 12.1. The predicted molar refractivity (Wildman–Crippen MR) is 74.8 cm³/mol. The lowest BCUT2D eigenvalue weighted by Crippen LogP contribution is -2.22. The van der Waals surface area contributed by atoms with Crippen LogP contribution < -0.4 is 10.1 Å². The van der Waals surface area contributed by atoms with E-state index >= 15 is 0 Å². The molecule has 2 rings (SSSR count). The maximum atomic E-state index is 13.0. The number of rotatable bonds is 6. The van der Waals surface area contributed by atoms with Gasteiger partial charge in [0.15, 0.2) is 0 Å². The molecule has 1 heterocycles. The maximum absolute atomic E-state index is 13.0. The first-order chi connectivity index (χ1) is 9.90. The van der Waals surface area contributed by atoms with E-state index in [0.29, 0.717) is 5.75 Å². The number of halogens is 2. The number of benzene rings is 1. The van der Waals surface area contributed by atoms with E-state index in [-0.39, 0.29) is 12.6 Å². The Morgan fingerprint density at radius 2 is 2.29 bits per heavy atom. The smallest absolute Gasteiger partial charge is 0.377 e. The molecule has 0 spiro atoms. The highest BCUT2D eigenvalue weighted by Crippen LogP contribution is 2.31. The standard InChI is InChI=1S/C15H19F2NO3/c1-3-10(2)20-12-6-4-5-11(7-12)18-9-13-8-15(16,17)14(19)21-13/h4-7,10,13,18H,3,8-9H2,1-2H3. The quantitative estimate of drug-likeness (QED) is 0.819. The lowest BCUT2D eigenvalue weighted by Gasteiger charge is -2.15. The van der Waals surface area contributed by atoms with Crippen molar-refractivity contribution >= 4 is 11.7 Å². The first-order valence-electron chi connectivity index (χ1n) is 7.00. The molecule has 0 bridgehead atoms. The Labute approximate surface area is 122 Å². The van der Waals surface area contributed by atoms with E-state index in [2.05, 4.69) is 10.1 Å². The average molecular weight is 299 g/mol. The van der Waals surface area contributed by atoms with Gasteiger partial charge in [0.05, 0.1) is 19.1 Å². The maximum Gasteiger partial charge on any atom is 0.377 e. The molecular formula is C15H19F2NO3. The topological polar surface area (TPSA) is 47.6 Å². The van der Waals surface area contributed by atoms with Gasteiger partial charge in [0.2, 0.25) is 0 Å². The van der Waals surface area contributed by atoms with E-state index in [4.69, 9.17) is 4.74 Å². The molecular weight excluding hydrogens is 280 g/mol. The fourth-order valence-electron chi connectivity index (χ4n) is 1.99. The summed E-state index contributed by atoms with van der Waals surface area (Å²) in [6, 6.07) is 7.25. The molecule has 1 aromatic rings. The highest BCUT2D eigenvalue weighted by atomic mass is 19.3. The van der Waals surface area contributed by atoms with Crippen LogP contribution in [0.4, 0.5) is 14.5 Å². The third kappa shape index (κ3) is 4.06. The fourth-order valence-corrected chi connectivity index (χ4v) is 1.99. The highest BCUT2D eigenvalue weighted by molar-refractivity contribution is 5.79. The van der Waals surface area contributed by atoms with Crippen LogP contribution in [0.1, 0.15) is 26.7 Å². The second kappa shape index (κ2) is 6.28. The minimum Gasteiger partial charge on any atom is -0.491 e. The van der Waals surface area contributed by atoms with Gasteiger partial charge in [0, 0.05) is 11.8 Å².